The molecule has 25 heavy (non-hydrogen) atoms. The first kappa shape index (κ1) is 17.2. The predicted molar refractivity (Wildman–Crippen MR) is 97.5 cm³/mol. The second kappa shape index (κ2) is 7.11. The van der Waals surface area contributed by atoms with Crippen molar-refractivity contribution in [3.8, 4) is 6.07 Å². The first-order valence-corrected chi connectivity index (χ1v) is 10.0. The van der Waals surface area contributed by atoms with Crippen LogP contribution in [0.4, 0.5) is 11.5 Å². The number of hydrogen-bond donors (Lipinski definition) is 0. The zero-order chi connectivity index (χ0) is 17.9. The highest BCUT2D eigenvalue weighted by atomic mass is 32.2. The minimum absolute atomic E-state index is 0.265. The number of aromatic nitrogens is 1. The van der Waals surface area contributed by atoms with Crippen molar-refractivity contribution < 1.29 is 8.42 Å². The summed E-state index contributed by atoms with van der Waals surface area (Å²) in [7, 11) is -3.33. The topological polar surface area (TPSA) is 77.3 Å². The van der Waals surface area contributed by atoms with Gasteiger partial charge in [-0.25, -0.2) is 13.4 Å². The molecule has 1 aromatic heterocycles. The molecule has 0 atom stereocenters. The number of sulfone groups is 1. The lowest BCUT2D eigenvalue weighted by Gasteiger charge is -2.25. The molecule has 0 amide bonds. The summed E-state index contributed by atoms with van der Waals surface area (Å²) in [4.78, 5) is 8.78. The van der Waals surface area contributed by atoms with Crippen molar-refractivity contribution in [2.75, 3.05) is 42.2 Å². The Bertz CT molecular complexity index is 905. The van der Waals surface area contributed by atoms with Crippen molar-refractivity contribution in [1.29, 1.82) is 5.26 Å². The summed E-state index contributed by atoms with van der Waals surface area (Å²) in [6.45, 7) is 2.90. The van der Waals surface area contributed by atoms with Gasteiger partial charge in [0, 0.05) is 38.6 Å². The van der Waals surface area contributed by atoms with Gasteiger partial charge in [0.2, 0.25) is 0 Å². The number of nitriles is 1. The normalized spacial score (nSPS) is 15.5. The molecule has 130 valence electrons. The van der Waals surface area contributed by atoms with E-state index in [1.165, 1.54) is 6.26 Å². The molecule has 6 nitrogen and oxygen atoms in total. The fourth-order valence-electron chi connectivity index (χ4n) is 3.12. The molecule has 0 N–H and O–H groups in total. The van der Waals surface area contributed by atoms with Gasteiger partial charge in [-0.3, -0.25) is 0 Å². The molecule has 1 aromatic carbocycles. The lowest BCUT2D eigenvalue weighted by molar-refractivity contribution is 0.600. The molecule has 7 heteroatoms. The third-order valence-corrected chi connectivity index (χ3v) is 5.43. The van der Waals surface area contributed by atoms with Crippen LogP contribution in [0.5, 0.6) is 0 Å². The average molecular weight is 356 g/mol. The number of pyridine rings is 1. The van der Waals surface area contributed by atoms with Crippen LogP contribution in [0.2, 0.25) is 0 Å². The molecule has 0 saturated carbocycles. The molecular weight excluding hydrogens is 336 g/mol. The van der Waals surface area contributed by atoms with Gasteiger partial charge in [-0.05, 0) is 30.7 Å². The van der Waals surface area contributed by atoms with Crippen molar-refractivity contribution in [2.24, 2.45) is 0 Å². The van der Waals surface area contributed by atoms with Crippen LogP contribution in [0.3, 0.4) is 0 Å². The van der Waals surface area contributed by atoms with E-state index in [0.29, 0.717) is 24.5 Å². The minimum Gasteiger partial charge on any atom is -0.369 e. The third-order valence-electron chi connectivity index (χ3n) is 4.31. The van der Waals surface area contributed by atoms with Crippen LogP contribution < -0.4 is 9.80 Å². The van der Waals surface area contributed by atoms with Crippen molar-refractivity contribution >= 4 is 21.3 Å². The molecule has 1 fully saturated rings. The maximum absolute atomic E-state index is 12.0. The molecule has 2 heterocycles. The molecule has 0 spiro atoms. The van der Waals surface area contributed by atoms with Gasteiger partial charge in [0.05, 0.1) is 11.3 Å². The molecule has 1 aliphatic rings. The van der Waals surface area contributed by atoms with Gasteiger partial charge < -0.3 is 9.80 Å². The molecule has 1 aliphatic heterocycles. The van der Waals surface area contributed by atoms with Crippen LogP contribution >= 0.6 is 0 Å². The highest BCUT2D eigenvalue weighted by Gasteiger charge is 2.23. The average Bonchev–Trinajstić information content (AvgIpc) is 2.87. The first-order chi connectivity index (χ1) is 12.0. The fraction of sp³-hybridized carbons (Fsp3) is 0.333. The standard InChI is InChI=1S/C18H20N4O2S/c1-25(23,24)17-8-4-9-20-18(17)22-11-5-10-21(12-13-22)16-7-3-2-6-15(16)14-19/h2-4,6-9H,5,10-13H2,1H3. The van der Waals surface area contributed by atoms with Gasteiger partial charge in [0.25, 0.3) is 0 Å². The van der Waals surface area contributed by atoms with Crippen LogP contribution in [0, 0.1) is 11.3 Å². The summed E-state index contributed by atoms with van der Waals surface area (Å²) in [6, 6.07) is 13.0. The summed E-state index contributed by atoms with van der Waals surface area (Å²) in [5.41, 5.74) is 1.59. The van der Waals surface area contributed by atoms with E-state index in [-0.39, 0.29) is 4.90 Å². The van der Waals surface area contributed by atoms with E-state index in [0.717, 1.165) is 25.2 Å². The van der Waals surface area contributed by atoms with E-state index in [2.05, 4.69) is 16.0 Å². The van der Waals surface area contributed by atoms with Gasteiger partial charge in [0.15, 0.2) is 9.84 Å². The van der Waals surface area contributed by atoms with Gasteiger partial charge in [-0.15, -0.1) is 0 Å². The maximum Gasteiger partial charge on any atom is 0.179 e. The second-order valence-corrected chi connectivity index (χ2v) is 8.04. The Labute approximate surface area is 148 Å². The van der Waals surface area contributed by atoms with Crippen molar-refractivity contribution in [2.45, 2.75) is 11.3 Å². The lowest BCUT2D eigenvalue weighted by Crippen LogP contribution is -2.32. The van der Waals surface area contributed by atoms with Gasteiger partial charge in [-0.1, -0.05) is 12.1 Å². The molecule has 2 aromatic rings. The number of nitrogens with zero attached hydrogens (tertiary/aromatic N) is 4. The van der Waals surface area contributed by atoms with E-state index in [1.54, 1.807) is 18.3 Å². The predicted octanol–water partition coefficient (Wildman–Crippen LogP) is 2.07. The van der Waals surface area contributed by atoms with E-state index >= 15 is 0 Å². The number of para-hydroxylation sites is 1. The smallest absolute Gasteiger partial charge is 0.179 e. The van der Waals surface area contributed by atoms with Gasteiger partial charge in [-0.2, -0.15) is 5.26 Å². The van der Waals surface area contributed by atoms with Gasteiger partial charge >= 0.3 is 0 Å². The Balaban J connectivity index is 1.85. The largest absolute Gasteiger partial charge is 0.369 e. The monoisotopic (exact) mass is 356 g/mol. The number of rotatable bonds is 3. The molecule has 0 bridgehead atoms. The van der Waals surface area contributed by atoms with Crippen LogP contribution in [-0.4, -0.2) is 45.8 Å². The summed E-state index contributed by atoms with van der Waals surface area (Å²) in [6.07, 6.45) is 3.69. The second-order valence-electron chi connectivity index (χ2n) is 6.05. The summed E-state index contributed by atoms with van der Waals surface area (Å²) >= 11 is 0. The van der Waals surface area contributed by atoms with E-state index in [1.807, 2.05) is 29.2 Å². The van der Waals surface area contributed by atoms with Crippen LogP contribution in [0.1, 0.15) is 12.0 Å². The Morgan fingerprint density at radius 2 is 1.76 bits per heavy atom. The third kappa shape index (κ3) is 3.74. The highest BCUT2D eigenvalue weighted by molar-refractivity contribution is 7.90. The molecule has 1 saturated heterocycles. The quantitative estimate of drug-likeness (QED) is 0.838. The van der Waals surface area contributed by atoms with Crippen LogP contribution in [0.25, 0.3) is 0 Å². The number of benzene rings is 1. The minimum atomic E-state index is -3.33. The number of anilines is 2. The van der Waals surface area contributed by atoms with E-state index < -0.39 is 9.84 Å². The van der Waals surface area contributed by atoms with Crippen LogP contribution in [-0.2, 0) is 9.84 Å². The molecule has 0 unspecified atom stereocenters. The molecule has 3 rings (SSSR count). The fourth-order valence-corrected chi connectivity index (χ4v) is 3.96. The first-order valence-electron chi connectivity index (χ1n) is 8.15. The van der Waals surface area contributed by atoms with Crippen LogP contribution in [0.15, 0.2) is 47.5 Å². The maximum atomic E-state index is 12.0. The highest BCUT2D eigenvalue weighted by Crippen LogP contribution is 2.26. The molecule has 0 radical (unpaired) electrons. The lowest BCUT2D eigenvalue weighted by atomic mass is 10.1. The molecule has 0 aliphatic carbocycles. The SMILES string of the molecule is CS(=O)(=O)c1cccnc1N1CCCN(c2ccccc2C#N)CC1. The van der Waals surface area contributed by atoms with E-state index in [9.17, 15) is 13.7 Å². The van der Waals surface area contributed by atoms with Crippen molar-refractivity contribution in [3.63, 3.8) is 0 Å². The summed E-state index contributed by atoms with van der Waals surface area (Å²) in [5.74, 6) is 0.514. The summed E-state index contributed by atoms with van der Waals surface area (Å²) < 4.78 is 24.1. The van der Waals surface area contributed by atoms with Crippen molar-refractivity contribution in [1.82, 2.24) is 4.98 Å². The summed E-state index contributed by atoms with van der Waals surface area (Å²) in [5, 5.41) is 9.31. The zero-order valence-electron chi connectivity index (χ0n) is 14.1. The van der Waals surface area contributed by atoms with Crippen molar-refractivity contribution in [3.05, 3.63) is 48.2 Å². The Kier molecular flexibility index (Phi) is 4.91. The Hall–Kier alpha value is -2.59. The van der Waals surface area contributed by atoms with E-state index in [4.69, 9.17) is 0 Å². The zero-order valence-corrected chi connectivity index (χ0v) is 14.9. The number of hydrogen-bond acceptors (Lipinski definition) is 6. The Morgan fingerprint density at radius 3 is 2.52 bits per heavy atom. The van der Waals surface area contributed by atoms with Gasteiger partial charge in [0.1, 0.15) is 16.8 Å². The Morgan fingerprint density at radius 1 is 1.04 bits per heavy atom. The molecular formula is C18H20N4O2S.